The molecule has 1 aromatic carbocycles. The van der Waals surface area contributed by atoms with Gasteiger partial charge in [0, 0.05) is 16.6 Å². The Bertz CT molecular complexity index is 1110. The molecule has 0 aliphatic carbocycles. The van der Waals surface area contributed by atoms with E-state index in [9.17, 15) is 4.79 Å². The number of rotatable bonds is 4. The van der Waals surface area contributed by atoms with Crippen LogP contribution in [0.3, 0.4) is 0 Å². The summed E-state index contributed by atoms with van der Waals surface area (Å²) in [6, 6.07) is 13.3. The van der Waals surface area contributed by atoms with E-state index in [1.165, 1.54) is 11.8 Å². The number of carbonyl (C=O) groups excluding carboxylic acids is 1. The maximum atomic E-state index is 12.4. The number of aryl methyl sites for hydroxylation is 1. The number of anilines is 1. The lowest BCUT2D eigenvalue weighted by Gasteiger charge is -2.10. The van der Waals surface area contributed by atoms with Gasteiger partial charge in [0.1, 0.15) is 11.3 Å². The molecule has 0 spiro atoms. The second kappa shape index (κ2) is 6.72. The highest BCUT2D eigenvalue weighted by Gasteiger charge is 2.18. The molecule has 26 heavy (non-hydrogen) atoms. The first-order valence-electron chi connectivity index (χ1n) is 8.12. The van der Waals surface area contributed by atoms with E-state index in [4.69, 9.17) is 0 Å². The van der Waals surface area contributed by atoms with Gasteiger partial charge in [-0.1, -0.05) is 36.0 Å². The average molecular weight is 364 g/mol. The van der Waals surface area contributed by atoms with Crippen LogP contribution in [0, 0.1) is 6.92 Å². The molecule has 4 rings (SSSR count). The van der Waals surface area contributed by atoms with E-state index in [1.54, 1.807) is 13.0 Å². The number of nitrogens with one attached hydrogen (secondary N) is 2. The van der Waals surface area contributed by atoms with Crippen molar-refractivity contribution in [1.82, 2.24) is 25.1 Å². The predicted molar refractivity (Wildman–Crippen MR) is 102 cm³/mol. The van der Waals surface area contributed by atoms with Gasteiger partial charge < -0.3 is 10.3 Å². The Hall–Kier alpha value is -3.00. The van der Waals surface area contributed by atoms with Crippen molar-refractivity contribution in [3.8, 4) is 0 Å². The van der Waals surface area contributed by atoms with Crippen LogP contribution in [-0.2, 0) is 4.79 Å². The minimum Gasteiger partial charge on any atom is -0.338 e. The zero-order valence-corrected chi connectivity index (χ0v) is 15.0. The monoisotopic (exact) mass is 364 g/mol. The first-order chi connectivity index (χ1) is 12.6. The van der Waals surface area contributed by atoms with Crippen molar-refractivity contribution in [3.63, 3.8) is 0 Å². The van der Waals surface area contributed by atoms with Crippen LogP contribution in [0.15, 0.2) is 47.6 Å². The molecule has 0 bridgehead atoms. The molecule has 0 saturated carbocycles. The van der Waals surface area contributed by atoms with Crippen LogP contribution in [0.2, 0.25) is 0 Å². The molecule has 0 fully saturated rings. The second-order valence-electron chi connectivity index (χ2n) is 5.88. The molecule has 3 aromatic heterocycles. The fourth-order valence-electron chi connectivity index (χ4n) is 2.61. The number of H-pyrrole nitrogens is 1. The number of amides is 1. The Kier molecular flexibility index (Phi) is 4.26. The summed E-state index contributed by atoms with van der Waals surface area (Å²) in [5.74, 6) is 0.376. The summed E-state index contributed by atoms with van der Waals surface area (Å²) in [6.45, 7) is 3.68. The van der Waals surface area contributed by atoms with Gasteiger partial charge >= 0.3 is 0 Å². The summed E-state index contributed by atoms with van der Waals surface area (Å²) in [7, 11) is 0. The van der Waals surface area contributed by atoms with E-state index in [0.717, 1.165) is 22.1 Å². The van der Waals surface area contributed by atoms with E-state index in [2.05, 4.69) is 30.5 Å². The minimum absolute atomic E-state index is 0.159. The fraction of sp³-hybridized carbons (Fsp3) is 0.167. The number of aromatic amines is 1. The first kappa shape index (κ1) is 16.5. The maximum absolute atomic E-state index is 12.4. The third kappa shape index (κ3) is 3.23. The Morgan fingerprint density at radius 1 is 1.12 bits per heavy atom. The van der Waals surface area contributed by atoms with E-state index >= 15 is 0 Å². The highest BCUT2D eigenvalue weighted by molar-refractivity contribution is 8.00. The highest BCUT2D eigenvalue weighted by atomic mass is 32.2. The van der Waals surface area contributed by atoms with Crippen LogP contribution >= 0.6 is 11.8 Å². The number of hydrogen-bond acceptors (Lipinski definition) is 6. The lowest BCUT2D eigenvalue weighted by molar-refractivity contribution is -0.115. The number of pyridine rings is 1. The molecule has 7 nitrogen and oxygen atoms in total. The summed E-state index contributed by atoms with van der Waals surface area (Å²) in [5.41, 5.74) is 3.20. The van der Waals surface area contributed by atoms with Gasteiger partial charge in [-0.2, -0.15) is 0 Å². The summed E-state index contributed by atoms with van der Waals surface area (Å²) >= 11 is 1.26. The first-order valence-corrected chi connectivity index (χ1v) is 9.00. The molecule has 0 aliphatic heterocycles. The smallest absolute Gasteiger partial charge is 0.238 e. The van der Waals surface area contributed by atoms with Crippen molar-refractivity contribution >= 4 is 45.6 Å². The number of nitrogens with zero attached hydrogens (tertiary/aromatic N) is 4. The van der Waals surface area contributed by atoms with E-state index in [0.29, 0.717) is 16.6 Å². The number of hydrogen-bond donors (Lipinski definition) is 2. The van der Waals surface area contributed by atoms with Crippen LogP contribution in [0.5, 0.6) is 0 Å². The Balaban J connectivity index is 1.52. The van der Waals surface area contributed by atoms with Gasteiger partial charge in [0.25, 0.3) is 0 Å². The quantitative estimate of drug-likeness (QED) is 0.539. The highest BCUT2D eigenvalue weighted by Crippen LogP contribution is 2.25. The van der Waals surface area contributed by atoms with Gasteiger partial charge in [-0.15, -0.1) is 10.2 Å². The lowest BCUT2D eigenvalue weighted by atomic mass is 10.2. The number of thioether (sulfide) groups is 1. The van der Waals surface area contributed by atoms with Crippen LogP contribution in [0.4, 0.5) is 5.82 Å². The van der Waals surface area contributed by atoms with Crippen LogP contribution < -0.4 is 5.32 Å². The molecule has 0 aliphatic rings. The van der Waals surface area contributed by atoms with Crippen molar-refractivity contribution in [2.45, 2.75) is 24.3 Å². The Morgan fingerprint density at radius 3 is 2.81 bits per heavy atom. The molecule has 4 aromatic rings. The molecular weight excluding hydrogens is 348 g/mol. The van der Waals surface area contributed by atoms with Gasteiger partial charge in [0.2, 0.25) is 11.1 Å². The van der Waals surface area contributed by atoms with Crippen LogP contribution in [0.1, 0.15) is 12.6 Å². The molecule has 8 heteroatoms. The third-order valence-electron chi connectivity index (χ3n) is 3.89. The fourth-order valence-corrected chi connectivity index (χ4v) is 3.32. The van der Waals surface area contributed by atoms with Crippen LogP contribution in [0.25, 0.3) is 22.1 Å². The predicted octanol–water partition coefficient (Wildman–Crippen LogP) is 3.33. The summed E-state index contributed by atoms with van der Waals surface area (Å²) < 4.78 is 0. The average Bonchev–Trinajstić information content (AvgIpc) is 2.99. The van der Waals surface area contributed by atoms with Gasteiger partial charge in [-0.05, 0) is 32.0 Å². The number of benzene rings is 1. The number of fused-ring (bicyclic) bond motifs is 3. The molecule has 2 N–H and O–H groups in total. The Morgan fingerprint density at radius 2 is 1.96 bits per heavy atom. The van der Waals surface area contributed by atoms with E-state index in [-0.39, 0.29) is 11.2 Å². The second-order valence-corrected chi connectivity index (χ2v) is 7.18. The molecule has 130 valence electrons. The standard InChI is InChI=1S/C18H16N6OS/c1-10-6-5-9-14(19-10)21-17(25)11(2)26-18-22-16-15(23-24-18)12-7-3-4-8-13(12)20-16/h3-9,11H,1-2H3,(H,19,21,25)(H,20,22,24). The largest absolute Gasteiger partial charge is 0.338 e. The molecule has 3 heterocycles. The van der Waals surface area contributed by atoms with Gasteiger partial charge in [-0.3, -0.25) is 4.79 Å². The van der Waals surface area contributed by atoms with Crippen LogP contribution in [-0.4, -0.2) is 36.3 Å². The van der Waals surface area contributed by atoms with E-state index in [1.807, 2.05) is 43.3 Å². The molecule has 0 saturated heterocycles. The molecule has 1 amide bonds. The molecule has 0 radical (unpaired) electrons. The minimum atomic E-state index is -0.388. The zero-order chi connectivity index (χ0) is 18.1. The maximum Gasteiger partial charge on any atom is 0.238 e. The van der Waals surface area contributed by atoms with Gasteiger partial charge in [-0.25, -0.2) is 9.97 Å². The molecule has 1 unspecified atom stereocenters. The van der Waals surface area contributed by atoms with Crippen molar-refractivity contribution in [2.75, 3.05) is 5.32 Å². The van der Waals surface area contributed by atoms with Crippen molar-refractivity contribution < 1.29 is 4.79 Å². The van der Waals surface area contributed by atoms with E-state index < -0.39 is 0 Å². The SMILES string of the molecule is Cc1cccc(NC(=O)C(C)Sc2nnc3c(n2)[nH]c2ccccc23)n1. The van der Waals surface area contributed by atoms with Gasteiger partial charge in [0.15, 0.2) is 5.65 Å². The number of carbonyl (C=O) groups is 1. The zero-order valence-electron chi connectivity index (χ0n) is 14.2. The Labute approximate surface area is 153 Å². The van der Waals surface area contributed by atoms with Gasteiger partial charge in [0.05, 0.1) is 5.25 Å². The molecular formula is C18H16N6OS. The number of para-hydroxylation sites is 1. The van der Waals surface area contributed by atoms with Crippen molar-refractivity contribution in [1.29, 1.82) is 0 Å². The normalized spacial score (nSPS) is 12.4. The summed E-state index contributed by atoms with van der Waals surface area (Å²) in [4.78, 5) is 24.4. The number of aromatic nitrogens is 5. The molecule has 1 atom stereocenters. The topological polar surface area (TPSA) is 96.5 Å². The summed E-state index contributed by atoms with van der Waals surface area (Å²) in [5, 5.41) is 12.3. The van der Waals surface area contributed by atoms with Crippen molar-refractivity contribution in [2.24, 2.45) is 0 Å². The lowest BCUT2D eigenvalue weighted by Crippen LogP contribution is -2.23. The van der Waals surface area contributed by atoms with Crippen molar-refractivity contribution in [3.05, 3.63) is 48.2 Å². The third-order valence-corrected chi connectivity index (χ3v) is 4.84. The summed E-state index contributed by atoms with van der Waals surface area (Å²) in [6.07, 6.45) is 0.